The third-order valence-corrected chi connectivity index (χ3v) is 1.97. The van der Waals surface area contributed by atoms with Crippen molar-refractivity contribution in [1.29, 1.82) is 0 Å². The molecule has 0 aromatic heterocycles. The number of hydrogen-bond donors (Lipinski definition) is 1. The van der Waals surface area contributed by atoms with Gasteiger partial charge in [-0.25, -0.2) is 4.39 Å². The van der Waals surface area contributed by atoms with Crippen molar-refractivity contribution in [2.24, 2.45) is 0 Å². The second kappa shape index (κ2) is 4.74. The van der Waals surface area contributed by atoms with Crippen LogP contribution in [0.2, 0.25) is 0 Å². The third-order valence-electron chi connectivity index (χ3n) is 1.97. The summed E-state index contributed by atoms with van der Waals surface area (Å²) in [5.74, 6) is -0.331. The number of carbonyl (C=O) groups is 1. The summed E-state index contributed by atoms with van der Waals surface area (Å²) < 4.78 is 13.1. The maximum atomic E-state index is 13.1. The van der Waals surface area contributed by atoms with Crippen molar-refractivity contribution in [3.8, 4) is 0 Å². The summed E-state index contributed by atoms with van der Waals surface area (Å²) >= 11 is 0. The van der Waals surface area contributed by atoms with Gasteiger partial charge in [0.1, 0.15) is 5.82 Å². The molecule has 1 rings (SSSR count). The molecule has 76 valence electrons. The van der Waals surface area contributed by atoms with Crippen LogP contribution in [0.4, 0.5) is 4.39 Å². The van der Waals surface area contributed by atoms with E-state index >= 15 is 0 Å². The lowest BCUT2D eigenvalue weighted by molar-refractivity contribution is -0.120. The Morgan fingerprint density at radius 2 is 2.21 bits per heavy atom. The van der Waals surface area contributed by atoms with Crippen LogP contribution < -0.4 is 5.32 Å². The van der Waals surface area contributed by atoms with Gasteiger partial charge < -0.3 is 5.32 Å². The molecule has 2 nitrogen and oxygen atoms in total. The second-order valence-electron chi connectivity index (χ2n) is 3.21. The molecule has 0 bridgehead atoms. The lowest BCUT2D eigenvalue weighted by atomic mass is 10.1. The summed E-state index contributed by atoms with van der Waals surface area (Å²) in [7, 11) is 0. The SMILES string of the molecule is CCNC(=O)Cc1ccc(C)c(F)c1. The fourth-order valence-corrected chi connectivity index (χ4v) is 1.19. The normalized spacial score (nSPS) is 9.93. The average Bonchev–Trinajstić information content (AvgIpc) is 2.12. The van der Waals surface area contributed by atoms with E-state index in [1.807, 2.05) is 6.92 Å². The van der Waals surface area contributed by atoms with Crippen LogP contribution in [-0.2, 0) is 11.2 Å². The van der Waals surface area contributed by atoms with Gasteiger partial charge in [-0.3, -0.25) is 4.79 Å². The molecule has 1 N–H and O–H groups in total. The van der Waals surface area contributed by atoms with Gasteiger partial charge in [-0.1, -0.05) is 12.1 Å². The summed E-state index contributed by atoms with van der Waals surface area (Å²) in [4.78, 5) is 11.2. The molecular formula is C11H14FNO. The van der Waals surface area contributed by atoms with E-state index in [4.69, 9.17) is 0 Å². The van der Waals surface area contributed by atoms with Crippen LogP contribution in [0.3, 0.4) is 0 Å². The molecule has 0 aliphatic rings. The number of hydrogen-bond acceptors (Lipinski definition) is 1. The van der Waals surface area contributed by atoms with Crippen molar-refractivity contribution < 1.29 is 9.18 Å². The van der Waals surface area contributed by atoms with Crippen LogP contribution in [0, 0.1) is 12.7 Å². The van der Waals surface area contributed by atoms with E-state index in [1.165, 1.54) is 6.07 Å². The minimum Gasteiger partial charge on any atom is -0.356 e. The highest BCUT2D eigenvalue weighted by Crippen LogP contribution is 2.09. The van der Waals surface area contributed by atoms with Crippen molar-refractivity contribution >= 4 is 5.91 Å². The van der Waals surface area contributed by atoms with Crippen molar-refractivity contribution in [3.05, 3.63) is 35.1 Å². The molecule has 0 radical (unpaired) electrons. The van der Waals surface area contributed by atoms with Crippen LogP contribution >= 0.6 is 0 Å². The molecule has 0 aliphatic carbocycles. The molecule has 3 heteroatoms. The number of aryl methyl sites for hydroxylation is 1. The Hall–Kier alpha value is -1.38. The molecule has 0 unspecified atom stereocenters. The van der Waals surface area contributed by atoms with Gasteiger partial charge in [0, 0.05) is 6.54 Å². The van der Waals surface area contributed by atoms with Crippen LogP contribution in [-0.4, -0.2) is 12.5 Å². The number of rotatable bonds is 3. The molecular weight excluding hydrogens is 181 g/mol. The maximum Gasteiger partial charge on any atom is 0.224 e. The molecule has 1 amide bonds. The minimum atomic E-state index is -0.258. The highest BCUT2D eigenvalue weighted by molar-refractivity contribution is 5.78. The zero-order valence-corrected chi connectivity index (χ0v) is 8.43. The van der Waals surface area contributed by atoms with Crippen molar-refractivity contribution in [2.45, 2.75) is 20.3 Å². The fourth-order valence-electron chi connectivity index (χ4n) is 1.19. The zero-order chi connectivity index (χ0) is 10.6. The number of likely N-dealkylation sites (N-methyl/N-ethyl adjacent to an activating group) is 1. The predicted octanol–water partition coefficient (Wildman–Crippen LogP) is 1.81. The van der Waals surface area contributed by atoms with Crippen LogP contribution in [0.25, 0.3) is 0 Å². The Morgan fingerprint density at radius 3 is 2.79 bits per heavy atom. The van der Waals surface area contributed by atoms with Crippen LogP contribution in [0.15, 0.2) is 18.2 Å². The molecule has 0 saturated carbocycles. The highest BCUT2D eigenvalue weighted by atomic mass is 19.1. The summed E-state index contributed by atoms with van der Waals surface area (Å²) in [6, 6.07) is 4.86. The molecule has 0 atom stereocenters. The first kappa shape index (κ1) is 10.7. The summed E-state index contributed by atoms with van der Waals surface area (Å²) in [5.41, 5.74) is 1.31. The Morgan fingerprint density at radius 1 is 1.50 bits per heavy atom. The number of carbonyl (C=O) groups excluding carboxylic acids is 1. The molecule has 0 aliphatic heterocycles. The van der Waals surface area contributed by atoms with Gasteiger partial charge in [-0.2, -0.15) is 0 Å². The maximum absolute atomic E-state index is 13.1. The van der Waals surface area contributed by atoms with Gasteiger partial charge in [-0.05, 0) is 31.0 Å². The standard InChI is InChI=1S/C11H14FNO/c1-3-13-11(14)7-9-5-4-8(2)10(12)6-9/h4-6H,3,7H2,1-2H3,(H,13,14). The van der Waals surface area contributed by atoms with E-state index in [1.54, 1.807) is 19.1 Å². The first-order valence-corrected chi connectivity index (χ1v) is 4.65. The van der Waals surface area contributed by atoms with Crippen molar-refractivity contribution in [3.63, 3.8) is 0 Å². The highest BCUT2D eigenvalue weighted by Gasteiger charge is 2.04. The molecule has 1 aromatic rings. The number of benzene rings is 1. The van der Waals surface area contributed by atoms with Crippen LogP contribution in [0.1, 0.15) is 18.1 Å². The van der Waals surface area contributed by atoms with E-state index < -0.39 is 0 Å². The molecule has 0 fully saturated rings. The average molecular weight is 195 g/mol. The Balaban J connectivity index is 2.68. The van der Waals surface area contributed by atoms with Crippen molar-refractivity contribution in [2.75, 3.05) is 6.54 Å². The van der Waals surface area contributed by atoms with Crippen molar-refractivity contribution in [1.82, 2.24) is 5.32 Å². The second-order valence-corrected chi connectivity index (χ2v) is 3.21. The summed E-state index contributed by atoms with van der Waals surface area (Å²) in [6.45, 7) is 4.16. The Bertz CT molecular complexity index is 336. The van der Waals surface area contributed by atoms with E-state index in [0.717, 1.165) is 0 Å². The van der Waals surface area contributed by atoms with Gasteiger partial charge in [-0.15, -0.1) is 0 Å². The minimum absolute atomic E-state index is 0.0734. The number of nitrogens with one attached hydrogen (secondary N) is 1. The summed E-state index contributed by atoms with van der Waals surface area (Å²) in [6.07, 6.45) is 0.241. The number of halogens is 1. The quantitative estimate of drug-likeness (QED) is 0.783. The molecule has 14 heavy (non-hydrogen) atoms. The molecule has 0 spiro atoms. The zero-order valence-electron chi connectivity index (χ0n) is 8.43. The molecule has 0 heterocycles. The fraction of sp³-hybridized carbons (Fsp3) is 0.364. The lowest BCUT2D eigenvalue weighted by Crippen LogP contribution is -2.24. The van der Waals surface area contributed by atoms with Gasteiger partial charge in [0.2, 0.25) is 5.91 Å². The topological polar surface area (TPSA) is 29.1 Å². The largest absolute Gasteiger partial charge is 0.356 e. The molecule has 1 aromatic carbocycles. The van der Waals surface area contributed by atoms with E-state index in [9.17, 15) is 9.18 Å². The van der Waals surface area contributed by atoms with Gasteiger partial charge in [0.05, 0.1) is 6.42 Å². The first-order chi connectivity index (χ1) is 6.63. The van der Waals surface area contributed by atoms with E-state index in [-0.39, 0.29) is 18.1 Å². The van der Waals surface area contributed by atoms with E-state index in [2.05, 4.69) is 5.32 Å². The summed E-state index contributed by atoms with van der Waals surface area (Å²) in [5, 5.41) is 2.67. The first-order valence-electron chi connectivity index (χ1n) is 4.65. The van der Waals surface area contributed by atoms with Gasteiger partial charge >= 0.3 is 0 Å². The van der Waals surface area contributed by atoms with Crippen LogP contribution in [0.5, 0.6) is 0 Å². The molecule has 0 saturated heterocycles. The third kappa shape index (κ3) is 2.83. The monoisotopic (exact) mass is 195 g/mol. The number of amides is 1. The van der Waals surface area contributed by atoms with E-state index in [0.29, 0.717) is 17.7 Å². The Labute approximate surface area is 83.1 Å². The van der Waals surface area contributed by atoms with Gasteiger partial charge in [0.25, 0.3) is 0 Å². The lowest BCUT2D eigenvalue weighted by Gasteiger charge is -2.03. The predicted molar refractivity (Wildman–Crippen MR) is 53.5 cm³/mol. The van der Waals surface area contributed by atoms with Gasteiger partial charge in [0.15, 0.2) is 0 Å². The smallest absolute Gasteiger partial charge is 0.224 e. The Kier molecular flexibility index (Phi) is 3.63.